The average molecular weight is 562 g/mol. The number of rotatable bonds is 13. The van der Waals surface area contributed by atoms with Gasteiger partial charge in [-0.05, 0) is 102 Å². The number of hydrogen-bond acceptors (Lipinski definition) is 4. The van der Waals surface area contributed by atoms with Gasteiger partial charge < -0.3 is 20.3 Å². The van der Waals surface area contributed by atoms with Crippen molar-refractivity contribution in [2.24, 2.45) is 5.92 Å². The number of nitrogens with one attached hydrogen (secondary N) is 2. The van der Waals surface area contributed by atoms with Crippen molar-refractivity contribution in [3.8, 4) is 0 Å². The predicted octanol–water partition coefficient (Wildman–Crippen LogP) is 6.02. The molecular formula is C31H42F3N3O3. The van der Waals surface area contributed by atoms with Crippen LogP contribution < -0.4 is 10.6 Å². The van der Waals surface area contributed by atoms with E-state index in [1.165, 1.54) is 0 Å². The highest BCUT2D eigenvalue weighted by molar-refractivity contribution is 5.97. The molecule has 0 radical (unpaired) electrons. The van der Waals surface area contributed by atoms with Crippen LogP contribution in [0.5, 0.6) is 0 Å². The zero-order chi connectivity index (χ0) is 29.3. The Morgan fingerprint density at radius 2 is 1.82 bits per heavy atom. The van der Waals surface area contributed by atoms with Crippen molar-refractivity contribution in [1.82, 2.24) is 15.5 Å². The van der Waals surface area contributed by atoms with Crippen LogP contribution in [-0.2, 0) is 15.7 Å². The van der Waals surface area contributed by atoms with Crippen molar-refractivity contribution in [3.63, 3.8) is 0 Å². The number of hydrogen-bond donors (Lipinski definition) is 2. The number of carbonyl (C=O) groups excluding carboxylic acids is 2. The van der Waals surface area contributed by atoms with E-state index in [2.05, 4.69) is 24.1 Å². The number of amides is 2. The van der Waals surface area contributed by atoms with Gasteiger partial charge in [0.1, 0.15) is 11.8 Å². The first-order valence-corrected chi connectivity index (χ1v) is 14.1. The SMILES string of the molecule is C=C(/C=C\C(=C/C)OC)[C@@H]1C[C@@]1(C)NCCCC[C@H](NC(=O)c1ccc(C(F)(F)F)cc1)C(=O)N1CCCCC1. The maximum Gasteiger partial charge on any atom is 0.416 e. The smallest absolute Gasteiger partial charge is 0.416 e. The Bertz CT molecular complexity index is 1090. The van der Waals surface area contributed by atoms with Crippen molar-refractivity contribution in [2.45, 2.75) is 76.6 Å². The van der Waals surface area contributed by atoms with E-state index in [4.69, 9.17) is 4.74 Å². The second-order valence-corrected chi connectivity index (χ2v) is 10.9. The van der Waals surface area contributed by atoms with Crippen molar-refractivity contribution in [3.05, 3.63) is 71.5 Å². The monoisotopic (exact) mass is 561 g/mol. The number of benzene rings is 1. The van der Waals surface area contributed by atoms with Crippen molar-refractivity contribution < 1.29 is 27.5 Å². The number of nitrogens with zero attached hydrogens (tertiary/aromatic N) is 1. The van der Waals surface area contributed by atoms with Gasteiger partial charge in [0, 0.05) is 30.1 Å². The van der Waals surface area contributed by atoms with Gasteiger partial charge in [-0.2, -0.15) is 13.2 Å². The zero-order valence-corrected chi connectivity index (χ0v) is 23.8. The minimum Gasteiger partial charge on any atom is -0.497 e. The molecule has 1 aromatic carbocycles. The Morgan fingerprint density at radius 1 is 1.15 bits per heavy atom. The maximum absolute atomic E-state index is 13.3. The van der Waals surface area contributed by atoms with E-state index in [0.717, 1.165) is 74.2 Å². The standard InChI is InChI=1S/C31H42F3N3O3/c1-5-25(40-4)17-12-22(2)26-21-30(26,3)35-18-8-7-11-27(29(39)37-19-9-6-10-20-37)36-28(38)23-13-15-24(16-14-23)31(32,33)34/h5,12-17,26-27,35H,2,6-11,18-21H2,1,3-4H3,(H,36,38)/b17-12-,25-5+/t26-,27-,30+/m0/s1. The first kappa shape index (κ1) is 31.5. The third kappa shape index (κ3) is 8.71. The minimum absolute atomic E-state index is 0.0234. The number of ether oxygens (including phenoxy) is 1. The summed E-state index contributed by atoms with van der Waals surface area (Å²) in [4.78, 5) is 27.9. The van der Waals surface area contributed by atoms with Crippen LogP contribution in [0.25, 0.3) is 0 Å². The van der Waals surface area contributed by atoms with Gasteiger partial charge in [0.25, 0.3) is 5.91 Å². The number of allylic oxidation sites excluding steroid dienone is 3. The van der Waals surface area contributed by atoms with Gasteiger partial charge in [0.05, 0.1) is 12.7 Å². The van der Waals surface area contributed by atoms with Crippen molar-refractivity contribution >= 4 is 11.8 Å². The number of halogens is 3. The Labute approximate surface area is 235 Å². The molecule has 1 aromatic rings. The van der Waals surface area contributed by atoms with Gasteiger partial charge in [-0.1, -0.05) is 18.2 Å². The lowest BCUT2D eigenvalue weighted by molar-refractivity contribution is -0.137. The molecule has 3 rings (SSSR count). The van der Waals surface area contributed by atoms with Crippen LogP contribution in [-0.4, -0.2) is 55.0 Å². The van der Waals surface area contributed by atoms with Crippen LogP contribution in [0.3, 0.4) is 0 Å². The van der Waals surface area contributed by atoms with E-state index >= 15 is 0 Å². The Kier molecular flexibility index (Phi) is 11.0. The molecule has 1 saturated heterocycles. The van der Waals surface area contributed by atoms with Crippen LogP contribution in [0.15, 0.2) is 60.4 Å². The molecule has 2 fully saturated rings. The predicted molar refractivity (Wildman–Crippen MR) is 151 cm³/mol. The van der Waals surface area contributed by atoms with E-state index in [1.54, 1.807) is 12.0 Å². The highest BCUT2D eigenvalue weighted by Crippen LogP contribution is 2.48. The summed E-state index contributed by atoms with van der Waals surface area (Å²) in [5.74, 6) is 0.462. The molecule has 0 aromatic heterocycles. The molecular weight excluding hydrogens is 519 g/mol. The fourth-order valence-corrected chi connectivity index (χ4v) is 5.18. The fraction of sp³-hybridized carbons (Fsp3) is 0.548. The van der Waals surface area contributed by atoms with E-state index in [9.17, 15) is 22.8 Å². The maximum atomic E-state index is 13.3. The molecule has 1 heterocycles. The molecule has 1 aliphatic carbocycles. The number of carbonyl (C=O) groups is 2. The van der Waals surface area contributed by atoms with Gasteiger partial charge in [-0.15, -0.1) is 0 Å². The molecule has 2 aliphatic rings. The summed E-state index contributed by atoms with van der Waals surface area (Å²) in [5, 5.41) is 6.41. The molecule has 40 heavy (non-hydrogen) atoms. The Balaban J connectivity index is 1.52. The van der Waals surface area contributed by atoms with Crippen molar-refractivity contribution in [1.29, 1.82) is 0 Å². The number of methoxy groups -OCH3 is 1. The summed E-state index contributed by atoms with van der Waals surface area (Å²) >= 11 is 0. The van der Waals surface area contributed by atoms with E-state index in [1.807, 2.05) is 25.2 Å². The van der Waals surface area contributed by atoms with E-state index in [0.29, 0.717) is 31.8 Å². The molecule has 3 atom stereocenters. The second kappa shape index (κ2) is 14.0. The van der Waals surface area contributed by atoms with E-state index < -0.39 is 23.7 Å². The quantitative estimate of drug-likeness (QED) is 0.176. The molecule has 2 N–H and O–H groups in total. The normalized spacial score (nSPS) is 22.2. The summed E-state index contributed by atoms with van der Waals surface area (Å²) in [6.45, 7) is 10.4. The number of piperidine rings is 1. The molecule has 0 unspecified atom stereocenters. The highest BCUT2D eigenvalue weighted by Gasteiger charge is 2.50. The molecule has 1 aliphatic heterocycles. The summed E-state index contributed by atoms with van der Waals surface area (Å²) in [6.07, 6.45) is 7.24. The first-order valence-electron chi connectivity index (χ1n) is 14.1. The largest absolute Gasteiger partial charge is 0.497 e. The zero-order valence-electron chi connectivity index (χ0n) is 23.8. The molecule has 0 spiro atoms. The van der Waals surface area contributed by atoms with Crippen LogP contribution in [0.2, 0.25) is 0 Å². The van der Waals surface area contributed by atoms with Crippen LogP contribution in [0.4, 0.5) is 13.2 Å². The van der Waals surface area contributed by atoms with Gasteiger partial charge >= 0.3 is 6.18 Å². The lowest BCUT2D eigenvalue weighted by atomic mass is 10.0. The molecule has 0 bridgehead atoms. The minimum atomic E-state index is -4.47. The highest BCUT2D eigenvalue weighted by atomic mass is 19.4. The molecule has 2 amide bonds. The number of alkyl halides is 3. The summed E-state index contributed by atoms with van der Waals surface area (Å²) in [6, 6.07) is 3.34. The van der Waals surface area contributed by atoms with E-state index in [-0.39, 0.29) is 17.0 Å². The van der Waals surface area contributed by atoms with Crippen LogP contribution >= 0.6 is 0 Å². The Hall–Kier alpha value is -3.07. The second-order valence-electron chi connectivity index (χ2n) is 10.9. The molecule has 1 saturated carbocycles. The third-order valence-corrected chi connectivity index (χ3v) is 7.86. The lowest BCUT2D eigenvalue weighted by Gasteiger charge is -2.31. The first-order chi connectivity index (χ1) is 19.0. The molecule has 6 nitrogen and oxygen atoms in total. The number of unbranched alkanes of at least 4 members (excludes halogenated alkanes) is 1. The van der Waals surface area contributed by atoms with Gasteiger partial charge in [-0.25, -0.2) is 0 Å². The van der Waals surface area contributed by atoms with Gasteiger partial charge in [0.2, 0.25) is 5.91 Å². The summed E-state index contributed by atoms with van der Waals surface area (Å²) in [5.41, 5.74) is 0.302. The Morgan fingerprint density at radius 3 is 2.42 bits per heavy atom. The average Bonchev–Trinajstić information content (AvgIpc) is 3.63. The molecule has 9 heteroatoms. The fourth-order valence-electron chi connectivity index (χ4n) is 5.18. The number of likely N-dealkylation sites (tertiary alicyclic amines) is 1. The van der Waals surface area contributed by atoms with Crippen LogP contribution in [0.1, 0.15) is 74.7 Å². The summed E-state index contributed by atoms with van der Waals surface area (Å²) in [7, 11) is 1.63. The lowest BCUT2D eigenvalue weighted by Crippen LogP contribution is -2.50. The van der Waals surface area contributed by atoms with Crippen LogP contribution in [0, 0.1) is 5.92 Å². The van der Waals surface area contributed by atoms with Gasteiger partial charge in [-0.3, -0.25) is 9.59 Å². The summed E-state index contributed by atoms with van der Waals surface area (Å²) < 4.78 is 44.0. The third-order valence-electron chi connectivity index (χ3n) is 7.86. The van der Waals surface area contributed by atoms with Gasteiger partial charge in [0.15, 0.2) is 0 Å². The molecule has 220 valence electrons. The van der Waals surface area contributed by atoms with Crippen molar-refractivity contribution in [2.75, 3.05) is 26.7 Å². The topological polar surface area (TPSA) is 70.7 Å².